The number of hydrogen-bond donors (Lipinski definition) is 2. The first-order chi connectivity index (χ1) is 11.0. The number of aryl methyl sites for hydroxylation is 1. The number of carbonyl (C=O) groups excluding carboxylic acids is 3. The maximum atomic E-state index is 12.0. The molecule has 0 bridgehead atoms. The second-order valence-corrected chi connectivity index (χ2v) is 4.59. The molecule has 7 heteroatoms. The molecule has 0 radical (unpaired) electrons. The molecule has 0 aliphatic rings. The number of esters is 2. The average Bonchev–Trinajstić information content (AvgIpc) is 2.53. The Morgan fingerprint density at radius 3 is 2.17 bits per heavy atom. The molecule has 0 saturated heterocycles. The Morgan fingerprint density at radius 1 is 1.04 bits per heavy atom. The standard InChI is InChI=1S/C16H22N2O5/c1-4-11-8-7-9-12(10-11)17-16(21)18-13(14(19)22-5-2)15(20)23-6-3/h7-10,13H,4-6H2,1-3H3,(H2,17,18,21). The third-order valence-corrected chi connectivity index (χ3v) is 2.91. The summed E-state index contributed by atoms with van der Waals surface area (Å²) in [6.07, 6.45) is 0.825. The van der Waals surface area contributed by atoms with Gasteiger partial charge in [-0.2, -0.15) is 0 Å². The molecule has 0 aliphatic heterocycles. The first kappa shape index (κ1) is 18.5. The van der Waals surface area contributed by atoms with E-state index in [-0.39, 0.29) is 13.2 Å². The van der Waals surface area contributed by atoms with Crippen molar-refractivity contribution in [2.75, 3.05) is 18.5 Å². The Bertz CT molecular complexity index is 541. The van der Waals surface area contributed by atoms with Crippen LogP contribution in [0.15, 0.2) is 24.3 Å². The van der Waals surface area contributed by atoms with E-state index in [1.807, 2.05) is 25.1 Å². The summed E-state index contributed by atoms with van der Waals surface area (Å²) in [7, 11) is 0. The summed E-state index contributed by atoms with van der Waals surface area (Å²) in [5.74, 6) is -1.72. The lowest BCUT2D eigenvalue weighted by molar-refractivity contribution is -0.157. The predicted octanol–water partition coefficient (Wildman–Crippen LogP) is 1.87. The van der Waals surface area contributed by atoms with E-state index in [4.69, 9.17) is 9.47 Å². The van der Waals surface area contributed by atoms with Crippen molar-refractivity contribution in [1.82, 2.24) is 5.32 Å². The van der Waals surface area contributed by atoms with E-state index in [1.165, 1.54) is 0 Å². The van der Waals surface area contributed by atoms with Crippen LogP contribution in [0.1, 0.15) is 26.3 Å². The molecule has 0 heterocycles. The van der Waals surface area contributed by atoms with Gasteiger partial charge in [0.2, 0.25) is 6.04 Å². The highest BCUT2D eigenvalue weighted by Gasteiger charge is 2.31. The van der Waals surface area contributed by atoms with Crippen LogP contribution in [0.3, 0.4) is 0 Å². The summed E-state index contributed by atoms with van der Waals surface area (Å²) in [6, 6.07) is 5.07. The Labute approximate surface area is 135 Å². The monoisotopic (exact) mass is 322 g/mol. The zero-order valence-electron chi connectivity index (χ0n) is 13.5. The summed E-state index contributed by atoms with van der Waals surface area (Å²) in [5, 5.41) is 4.85. The molecule has 1 rings (SSSR count). The highest BCUT2D eigenvalue weighted by molar-refractivity contribution is 6.04. The zero-order valence-corrected chi connectivity index (χ0v) is 13.5. The van der Waals surface area contributed by atoms with E-state index in [1.54, 1.807) is 19.9 Å². The predicted molar refractivity (Wildman–Crippen MR) is 85.0 cm³/mol. The molecule has 0 atom stereocenters. The van der Waals surface area contributed by atoms with Crippen LogP contribution in [0.25, 0.3) is 0 Å². The molecule has 0 fully saturated rings. The smallest absolute Gasteiger partial charge is 0.340 e. The van der Waals surface area contributed by atoms with Gasteiger partial charge in [-0.1, -0.05) is 19.1 Å². The highest BCUT2D eigenvalue weighted by Crippen LogP contribution is 2.11. The minimum Gasteiger partial charge on any atom is -0.464 e. The summed E-state index contributed by atoms with van der Waals surface area (Å²) >= 11 is 0. The molecule has 0 aliphatic carbocycles. The topological polar surface area (TPSA) is 93.7 Å². The molecule has 7 nitrogen and oxygen atoms in total. The average molecular weight is 322 g/mol. The molecule has 2 N–H and O–H groups in total. The first-order valence-corrected chi connectivity index (χ1v) is 7.51. The number of nitrogens with one attached hydrogen (secondary N) is 2. The number of carbonyl (C=O) groups is 3. The van der Waals surface area contributed by atoms with Gasteiger partial charge in [0.1, 0.15) is 0 Å². The summed E-state index contributed by atoms with van der Waals surface area (Å²) < 4.78 is 9.55. The molecule has 126 valence electrons. The van der Waals surface area contributed by atoms with E-state index in [9.17, 15) is 14.4 Å². The van der Waals surface area contributed by atoms with Gasteiger partial charge in [-0.05, 0) is 38.0 Å². The van der Waals surface area contributed by atoms with Crippen molar-refractivity contribution >= 4 is 23.7 Å². The van der Waals surface area contributed by atoms with Crippen molar-refractivity contribution < 1.29 is 23.9 Å². The van der Waals surface area contributed by atoms with Crippen LogP contribution in [0.5, 0.6) is 0 Å². The lowest BCUT2D eigenvalue weighted by Gasteiger charge is -2.16. The van der Waals surface area contributed by atoms with Gasteiger partial charge in [0.15, 0.2) is 0 Å². The number of anilines is 1. The third kappa shape index (κ3) is 5.98. The van der Waals surface area contributed by atoms with Crippen molar-refractivity contribution in [3.63, 3.8) is 0 Å². The van der Waals surface area contributed by atoms with Crippen molar-refractivity contribution in [1.29, 1.82) is 0 Å². The Morgan fingerprint density at radius 2 is 1.65 bits per heavy atom. The fourth-order valence-corrected chi connectivity index (χ4v) is 1.83. The molecular weight excluding hydrogens is 300 g/mol. The molecule has 2 amide bonds. The van der Waals surface area contributed by atoms with Crippen LogP contribution in [0, 0.1) is 0 Å². The second kappa shape index (κ2) is 9.45. The largest absolute Gasteiger partial charge is 0.464 e. The van der Waals surface area contributed by atoms with Gasteiger partial charge in [-0.15, -0.1) is 0 Å². The summed E-state index contributed by atoms with van der Waals surface area (Å²) in [6.45, 7) is 5.40. The molecule has 1 aromatic rings. The van der Waals surface area contributed by atoms with Gasteiger partial charge in [-0.3, -0.25) is 0 Å². The molecule has 23 heavy (non-hydrogen) atoms. The van der Waals surface area contributed by atoms with Crippen LogP contribution in [0.4, 0.5) is 10.5 Å². The van der Waals surface area contributed by atoms with Crippen LogP contribution < -0.4 is 10.6 Å². The summed E-state index contributed by atoms with van der Waals surface area (Å²) in [5.41, 5.74) is 1.61. The van der Waals surface area contributed by atoms with E-state index in [0.717, 1.165) is 12.0 Å². The van der Waals surface area contributed by atoms with Crippen LogP contribution in [-0.4, -0.2) is 37.2 Å². The lowest BCUT2D eigenvalue weighted by atomic mass is 10.1. The molecule has 1 aromatic carbocycles. The number of hydrogen-bond acceptors (Lipinski definition) is 5. The maximum Gasteiger partial charge on any atom is 0.340 e. The molecular formula is C16H22N2O5. The fourth-order valence-electron chi connectivity index (χ4n) is 1.83. The van der Waals surface area contributed by atoms with E-state index in [2.05, 4.69) is 10.6 Å². The normalized spacial score (nSPS) is 10.1. The maximum absolute atomic E-state index is 12.0. The first-order valence-electron chi connectivity index (χ1n) is 7.51. The highest BCUT2D eigenvalue weighted by atomic mass is 16.6. The minimum atomic E-state index is -1.50. The Hall–Kier alpha value is -2.57. The number of rotatable bonds is 7. The molecule has 0 spiro atoms. The van der Waals surface area contributed by atoms with Gasteiger partial charge in [0.25, 0.3) is 0 Å². The van der Waals surface area contributed by atoms with Crippen LogP contribution in [-0.2, 0) is 25.5 Å². The van der Waals surface area contributed by atoms with Crippen molar-refractivity contribution in [2.24, 2.45) is 0 Å². The van der Waals surface area contributed by atoms with Gasteiger partial charge in [0.05, 0.1) is 13.2 Å². The van der Waals surface area contributed by atoms with E-state index >= 15 is 0 Å². The third-order valence-electron chi connectivity index (χ3n) is 2.91. The van der Waals surface area contributed by atoms with Crippen LogP contribution in [0.2, 0.25) is 0 Å². The van der Waals surface area contributed by atoms with Gasteiger partial charge < -0.3 is 20.1 Å². The van der Waals surface area contributed by atoms with Crippen LogP contribution >= 0.6 is 0 Å². The summed E-state index contributed by atoms with van der Waals surface area (Å²) in [4.78, 5) is 35.6. The molecule has 0 saturated carbocycles. The second-order valence-electron chi connectivity index (χ2n) is 4.59. The zero-order chi connectivity index (χ0) is 17.2. The number of ether oxygens (including phenoxy) is 2. The molecule has 0 aromatic heterocycles. The quantitative estimate of drug-likeness (QED) is 0.590. The van der Waals surface area contributed by atoms with Crippen molar-refractivity contribution in [3.05, 3.63) is 29.8 Å². The SMILES string of the molecule is CCOC(=O)C(NC(=O)Nc1cccc(CC)c1)C(=O)OCC. The van der Waals surface area contributed by atoms with Gasteiger partial charge >= 0.3 is 18.0 Å². The van der Waals surface area contributed by atoms with Gasteiger partial charge in [0, 0.05) is 5.69 Å². The minimum absolute atomic E-state index is 0.0938. The van der Waals surface area contributed by atoms with E-state index < -0.39 is 24.0 Å². The number of benzene rings is 1. The lowest BCUT2D eigenvalue weighted by Crippen LogP contribution is -2.49. The Kier molecular flexibility index (Phi) is 7.59. The Balaban J connectivity index is 2.75. The van der Waals surface area contributed by atoms with Gasteiger partial charge in [-0.25, -0.2) is 14.4 Å². The molecule has 0 unspecified atom stereocenters. The van der Waals surface area contributed by atoms with Crippen molar-refractivity contribution in [3.8, 4) is 0 Å². The number of amides is 2. The van der Waals surface area contributed by atoms with E-state index in [0.29, 0.717) is 5.69 Å². The number of urea groups is 1. The fraction of sp³-hybridized carbons (Fsp3) is 0.438. The van der Waals surface area contributed by atoms with Crippen molar-refractivity contribution in [2.45, 2.75) is 33.2 Å².